The Bertz CT molecular complexity index is 655. The molecular weight excluding hydrogens is 246 g/mol. The van der Waals surface area contributed by atoms with E-state index in [2.05, 4.69) is 11.0 Å². The van der Waals surface area contributed by atoms with Gasteiger partial charge in [0.1, 0.15) is 6.61 Å². The summed E-state index contributed by atoms with van der Waals surface area (Å²) in [6.07, 6.45) is 7.06. The van der Waals surface area contributed by atoms with Crippen molar-refractivity contribution in [2.75, 3.05) is 0 Å². The summed E-state index contributed by atoms with van der Waals surface area (Å²) >= 11 is 0. The fraction of sp³-hybridized carbons (Fsp3) is 0.154. The molecule has 0 fully saturated rings. The number of rotatable bonds is 4. The van der Waals surface area contributed by atoms with Gasteiger partial charge in [-0.25, -0.2) is 0 Å². The van der Waals surface area contributed by atoms with Crippen molar-refractivity contribution in [2.24, 2.45) is 7.05 Å². The van der Waals surface area contributed by atoms with Crippen LogP contribution in [0.5, 0.6) is 5.88 Å². The largest absolute Gasteiger partial charge is 0.471 e. The molecule has 0 saturated carbocycles. The Morgan fingerprint density at radius 3 is 2.89 bits per heavy atom. The maximum atomic E-state index is 11.0. The molecule has 1 heterocycles. The number of nitro benzene ring substituents is 1. The molecule has 0 aliphatic heterocycles. The Balaban J connectivity index is 2.28. The number of terminal acetylenes is 1. The van der Waals surface area contributed by atoms with Gasteiger partial charge in [0.05, 0.1) is 10.5 Å². The number of benzene rings is 1. The second-order valence-corrected chi connectivity index (χ2v) is 3.82. The van der Waals surface area contributed by atoms with Crippen LogP contribution < -0.4 is 4.74 Å². The molecule has 1 aromatic heterocycles. The van der Waals surface area contributed by atoms with Gasteiger partial charge in [-0.2, -0.15) is 0 Å². The molecular formula is C13H11N3O3. The van der Waals surface area contributed by atoms with Crippen LogP contribution in [0.3, 0.4) is 0 Å². The molecule has 0 aliphatic carbocycles. The maximum Gasteiger partial charge on any atom is 0.277 e. The monoisotopic (exact) mass is 257 g/mol. The number of hydrogen-bond donors (Lipinski definition) is 0. The van der Waals surface area contributed by atoms with Crippen LogP contribution in [0, 0.1) is 22.5 Å². The molecule has 0 radical (unpaired) electrons. The van der Waals surface area contributed by atoms with Gasteiger partial charge in [0.25, 0.3) is 5.69 Å². The summed E-state index contributed by atoms with van der Waals surface area (Å²) in [5.74, 6) is 2.81. The predicted molar refractivity (Wildman–Crippen MR) is 68.6 cm³/mol. The van der Waals surface area contributed by atoms with E-state index in [-0.39, 0.29) is 12.3 Å². The smallest absolute Gasteiger partial charge is 0.277 e. The summed E-state index contributed by atoms with van der Waals surface area (Å²) in [7, 11) is 1.75. The van der Waals surface area contributed by atoms with E-state index >= 15 is 0 Å². The number of nitro groups is 1. The molecule has 6 nitrogen and oxygen atoms in total. The minimum Gasteiger partial charge on any atom is -0.471 e. The molecule has 19 heavy (non-hydrogen) atoms. The average molecular weight is 257 g/mol. The van der Waals surface area contributed by atoms with Crippen molar-refractivity contribution in [3.05, 3.63) is 51.7 Å². The molecule has 2 aromatic rings. The van der Waals surface area contributed by atoms with E-state index in [1.807, 2.05) is 0 Å². The van der Waals surface area contributed by atoms with Crippen molar-refractivity contribution in [1.82, 2.24) is 9.78 Å². The highest BCUT2D eigenvalue weighted by molar-refractivity contribution is 5.51. The van der Waals surface area contributed by atoms with E-state index in [1.54, 1.807) is 36.1 Å². The zero-order valence-electron chi connectivity index (χ0n) is 10.2. The van der Waals surface area contributed by atoms with Gasteiger partial charge in [0.2, 0.25) is 5.88 Å². The molecule has 1 aromatic carbocycles. The van der Waals surface area contributed by atoms with E-state index in [1.165, 1.54) is 6.07 Å². The van der Waals surface area contributed by atoms with Crippen molar-refractivity contribution in [3.8, 4) is 18.2 Å². The Kier molecular flexibility index (Phi) is 3.48. The topological polar surface area (TPSA) is 70.2 Å². The summed E-state index contributed by atoms with van der Waals surface area (Å²) in [4.78, 5) is 10.5. The Hall–Kier alpha value is -2.81. The van der Waals surface area contributed by atoms with E-state index < -0.39 is 4.92 Å². The van der Waals surface area contributed by atoms with Crippen LogP contribution in [-0.4, -0.2) is 14.7 Å². The first kappa shape index (κ1) is 12.6. The van der Waals surface area contributed by atoms with Gasteiger partial charge in [-0.05, 0) is 6.07 Å². The molecule has 0 atom stereocenters. The highest BCUT2D eigenvalue weighted by Gasteiger charge is 2.17. The molecule has 0 aliphatic rings. The summed E-state index contributed by atoms with van der Waals surface area (Å²) < 4.78 is 6.99. The first-order chi connectivity index (χ1) is 9.11. The first-order valence-corrected chi connectivity index (χ1v) is 5.47. The summed E-state index contributed by atoms with van der Waals surface area (Å²) in [5, 5.41) is 15.0. The fourth-order valence-corrected chi connectivity index (χ4v) is 1.65. The summed E-state index contributed by atoms with van der Waals surface area (Å²) in [6, 6.07) is 6.27. The lowest BCUT2D eigenvalue weighted by atomic mass is 10.1. The zero-order chi connectivity index (χ0) is 13.8. The molecule has 6 heteroatoms. The van der Waals surface area contributed by atoms with Gasteiger partial charge in [-0.1, -0.05) is 12.0 Å². The minimum absolute atomic E-state index is 0.00764. The highest BCUT2D eigenvalue weighted by atomic mass is 16.6. The van der Waals surface area contributed by atoms with Crippen molar-refractivity contribution < 1.29 is 9.66 Å². The number of nitrogens with zero attached hydrogens (tertiary/aromatic N) is 3. The Labute approximate surface area is 109 Å². The summed E-state index contributed by atoms with van der Waals surface area (Å²) in [5.41, 5.74) is 0.775. The van der Waals surface area contributed by atoms with Gasteiger partial charge < -0.3 is 4.74 Å². The SMILES string of the molecule is C#Cc1cccc([N+](=O)[O-])c1COc1ccn(C)n1. The van der Waals surface area contributed by atoms with Gasteiger partial charge in [-0.3, -0.25) is 14.8 Å². The molecule has 0 N–H and O–H groups in total. The van der Waals surface area contributed by atoms with Crippen LogP contribution in [0.4, 0.5) is 5.69 Å². The van der Waals surface area contributed by atoms with E-state index in [0.717, 1.165) is 0 Å². The van der Waals surface area contributed by atoms with Crippen LogP contribution in [0.25, 0.3) is 0 Å². The fourth-order valence-electron chi connectivity index (χ4n) is 1.65. The molecule has 0 bridgehead atoms. The van der Waals surface area contributed by atoms with Crippen molar-refractivity contribution >= 4 is 5.69 Å². The van der Waals surface area contributed by atoms with Crippen LogP contribution in [0.2, 0.25) is 0 Å². The van der Waals surface area contributed by atoms with Crippen LogP contribution in [-0.2, 0) is 13.7 Å². The van der Waals surface area contributed by atoms with E-state index in [9.17, 15) is 10.1 Å². The minimum atomic E-state index is -0.474. The molecule has 0 saturated heterocycles. The van der Waals surface area contributed by atoms with Crippen LogP contribution >= 0.6 is 0 Å². The van der Waals surface area contributed by atoms with E-state index in [0.29, 0.717) is 17.0 Å². The lowest BCUT2D eigenvalue weighted by Gasteiger charge is -2.06. The Morgan fingerprint density at radius 2 is 2.32 bits per heavy atom. The quantitative estimate of drug-likeness (QED) is 0.476. The number of hydrogen-bond acceptors (Lipinski definition) is 4. The Morgan fingerprint density at radius 1 is 1.53 bits per heavy atom. The molecule has 0 amide bonds. The lowest BCUT2D eigenvalue weighted by molar-refractivity contribution is -0.385. The predicted octanol–water partition coefficient (Wildman–Crippen LogP) is 1.89. The van der Waals surface area contributed by atoms with Gasteiger partial charge in [-0.15, -0.1) is 11.5 Å². The van der Waals surface area contributed by atoms with Gasteiger partial charge in [0.15, 0.2) is 0 Å². The lowest BCUT2D eigenvalue weighted by Crippen LogP contribution is -2.04. The van der Waals surface area contributed by atoms with Gasteiger partial charge in [0, 0.05) is 30.9 Å². The molecule has 0 spiro atoms. The van der Waals surface area contributed by atoms with Crippen molar-refractivity contribution in [2.45, 2.75) is 6.61 Å². The maximum absolute atomic E-state index is 11.0. The third-order valence-electron chi connectivity index (χ3n) is 2.56. The number of ether oxygens (including phenoxy) is 1. The molecule has 96 valence electrons. The van der Waals surface area contributed by atoms with Crippen molar-refractivity contribution in [3.63, 3.8) is 0 Å². The highest BCUT2D eigenvalue weighted by Crippen LogP contribution is 2.23. The molecule has 0 unspecified atom stereocenters. The van der Waals surface area contributed by atoms with Crippen LogP contribution in [0.1, 0.15) is 11.1 Å². The second kappa shape index (κ2) is 5.23. The second-order valence-electron chi connectivity index (χ2n) is 3.82. The third kappa shape index (κ3) is 2.72. The number of aromatic nitrogens is 2. The molecule has 2 rings (SSSR count). The van der Waals surface area contributed by atoms with E-state index in [4.69, 9.17) is 11.2 Å². The third-order valence-corrected chi connectivity index (χ3v) is 2.56. The standard InChI is InChI=1S/C13H11N3O3/c1-3-10-5-4-6-12(16(17)18)11(10)9-19-13-7-8-15(2)14-13/h1,4-8H,9H2,2H3. The normalized spacial score (nSPS) is 9.89. The zero-order valence-corrected chi connectivity index (χ0v) is 10.2. The average Bonchev–Trinajstić information content (AvgIpc) is 2.81. The van der Waals surface area contributed by atoms with Crippen LogP contribution in [0.15, 0.2) is 30.5 Å². The first-order valence-electron chi connectivity index (χ1n) is 5.47. The van der Waals surface area contributed by atoms with Crippen molar-refractivity contribution in [1.29, 1.82) is 0 Å². The summed E-state index contributed by atoms with van der Waals surface area (Å²) in [6.45, 7) is 0.00764. The van der Waals surface area contributed by atoms with Gasteiger partial charge >= 0.3 is 0 Å². The number of aryl methyl sites for hydroxylation is 1.